The summed E-state index contributed by atoms with van der Waals surface area (Å²) in [5, 5.41) is 3.06. The van der Waals surface area contributed by atoms with Crippen LogP contribution < -0.4 is 5.32 Å². The fourth-order valence-electron chi connectivity index (χ4n) is 3.89. The largest absolute Gasteiger partial charge is 0.441 e. The SMILES string of the molecule is CCc1ccc(-c2nc(CN3CCC(C(=O)NCCCOC(C)C)CC3)c(C)o2)cc1. The molecule has 6 nitrogen and oxygen atoms in total. The van der Waals surface area contributed by atoms with Crippen LogP contribution in [0.5, 0.6) is 0 Å². The van der Waals surface area contributed by atoms with Crippen molar-refractivity contribution in [2.24, 2.45) is 5.92 Å². The Morgan fingerprint density at radius 3 is 2.61 bits per heavy atom. The van der Waals surface area contributed by atoms with Gasteiger partial charge in [0.05, 0.1) is 11.8 Å². The van der Waals surface area contributed by atoms with E-state index in [-0.39, 0.29) is 17.9 Å². The van der Waals surface area contributed by atoms with Gasteiger partial charge in [0.2, 0.25) is 11.8 Å². The second-order valence-corrected chi connectivity index (χ2v) is 8.69. The zero-order chi connectivity index (χ0) is 22.2. The van der Waals surface area contributed by atoms with Crippen LogP contribution in [-0.2, 0) is 22.5 Å². The number of aromatic nitrogens is 1. The van der Waals surface area contributed by atoms with E-state index in [2.05, 4.69) is 41.4 Å². The highest BCUT2D eigenvalue weighted by atomic mass is 16.5. The number of hydrogen-bond donors (Lipinski definition) is 1. The molecule has 1 aromatic heterocycles. The van der Waals surface area contributed by atoms with Gasteiger partial charge in [0.25, 0.3) is 0 Å². The Labute approximate surface area is 186 Å². The van der Waals surface area contributed by atoms with E-state index in [0.717, 1.165) is 62.3 Å². The Morgan fingerprint density at radius 2 is 1.97 bits per heavy atom. The number of benzene rings is 1. The molecule has 1 aliphatic heterocycles. The van der Waals surface area contributed by atoms with Crippen molar-refractivity contribution in [1.82, 2.24) is 15.2 Å². The van der Waals surface area contributed by atoms with Crippen molar-refractivity contribution in [2.45, 2.75) is 66.0 Å². The molecule has 31 heavy (non-hydrogen) atoms. The van der Waals surface area contributed by atoms with Gasteiger partial charge in [0.1, 0.15) is 5.76 Å². The molecule has 0 bridgehead atoms. The van der Waals surface area contributed by atoms with Gasteiger partial charge < -0.3 is 14.5 Å². The number of rotatable bonds is 10. The van der Waals surface area contributed by atoms with E-state index in [1.807, 2.05) is 20.8 Å². The highest BCUT2D eigenvalue weighted by Gasteiger charge is 2.26. The molecule has 1 N–H and O–H groups in total. The summed E-state index contributed by atoms with van der Waals surface area (Å²) in [5.74, 6) is 1.84. The van der Waals surface area contributed by atoms with Gasteiger partial charge >= 0.3 is 0 Å². The molecule has 1 aliphatic rings. The van der Waals surface area contributed by atoms with Crippen LogP contribution in [0, 0.1) is 12.8 Å². The van der Waals surface area contributed by atoms with E-state index in [1.165, 1.54) is 5.56 Å². The Hall–Kier alpha value is -2.18. The number of amides is 1. The molecule has 1 fully saturated rings. The van der Waals surface area contributed by atoms with E-state index in [9.17, 15) is 4.79 Å². The van der Waals surface area contributed by atoms with Gasteiger partial charge in [-0.25, -0.2) is 4.98 Å². The van der Waals surface area contributed by atoms with E-state index in [1.54, 1.807) is 0 Å². The molecule has 0 aliphatic carbocycles. The topological polar surface area (TPSA) is 67.6 Å². The summed E-state index contributed by atoms with van der Waals surface area (Å²) in [6.07, 6.45) is 3.90. The van der Waals surface area contributed by atoms with Crippen molar-refractivity contribution in [3.8, 4) is 11.5 Å². The molecule has 0 spiro atoms. The van der Waals surface area contributed by atoms with Gasteiger partial charge in [-0.2, -0.15) is 0 Å². The number of carbonyl (C=O) groups excluding carboxylic acids is 1. The van der Waals surface area contributed by atoms with Crippen LogP contribution in [0.15, 0.2) is 28.7 Å². The highest BCUT2D eigenvalue weighted by Crippen LogP contribution is 2.25. The number of hydrogen-bond acceptors (Lipinski definition) is 5. The number of nitrogens with one attached hydrogen (secondary N) is 1. The minimum Gasteiger partial charge on any atom is -0.441 e. The molecule has 2 heterocycles. The first-order valence-electron chi connectivity index (χ1n) is 11.6. The molecule has 1 aromatic carbocycles. The first-order valence-corrected chi connectivity index (χ1v) is 11.6. The van der Waals surface area contributed by atoms with E-state index >= 15 is 0 Å². The molecule has 0 radical (unpaired) electrons. The van der Waals surface area contributed by atoms with Crippen LogP contribution in [0.25, 0.3) is 11.5 Å². The highest BCUT2D eigenvalue weighted by molar-refractivity contribution is 5.78. The Balaban J connectivity index is 1.44. The second-order valence-electron chi connectivity index (χ2n) is 8.69. The summed E-state index contributed by atoms with van der Waals surface area (Å²) < 4.78 is 11.5. The first-order chi connectivity index (χ1) is 15.0. The lowest BCUT2D eigenvalue weighted by atomic mass is 9.95. The minimum atomic E-state index is 0.105. The average Bonchev–Trinajstić information content (AvgIpc) is 3.14. The van der Waals surface area contributed by atoms with Crippen molar-refractivity contribution in [3.05, 3.63) is 41.3 Å². The van der Waals surface area contributed by atoms with Crippen molar-refractivity contribution in [1.29, 1.82) is 0 Å². The number of likely N-dealkylation sites (tertiary alicyclic amines) is 1. The fraction of sp³-hybridized carbons (Fsp3) is 0.600. The minimum absolute atomic E-state index is 0.105. The molecule has 6 heteroatoms. The molecule has 0 saturated carbocycles. The van der Waals surface area contributed by atoms with E-state index in [0.29, 0.717) is 19.0 Å². The lowest BCUT2D eigenvalue weighted by Gasteiger charge is -2.30. The van der Waals surface area contributed by atoms with Crippen molar-refractivity contribution in [2.75, 3.05) is 26.2 Å². The maximum absolute atomic E-state index is 12.4. The summed E-state index contributed by atoms with van der Waals surface area (Å²) in [5.41, 5.74) is 3.31. The quantitative estimate of drug-likeness (QED) is 0.571. The molecule has 2 aromatic rings. The van der Waals surface area contributed by atoms with Crippen molar-refractivity contribution < 1.29 is 13.9 Å². The van der Waals surface area contributed by atoms with Crippen LogP contribution in [0.2, 0.25) is 0 Å². The maximum Gasteiger partial charge on any atom is 0.226 e. The number of piperidine rings is 1. The standard InChI is InChI=1S/C25H37N3O3/c1-5-20-7-9-22(10-8-20)25-27-23(19(4)31-25)17-28-14-11-21(12-15-28)24(29)26-13-6-16-30-18(2)3/h7-10,18,21H,5-6,11-17H2,1-4H3,(H,26,29). The monoisotopic (exact) mass is 427 g/mol. The zero-order valence-corrected chi connectivity index (χ0v) is 19.4. The predicted molar refractivity (Wildman–Crippen MR) is 123 cm³/mol. The van der Waals surface area contributed by atoms with E-state index in [4.69, 9.17) is 14.1 Å². The lowest BCUT2D eigenvalue weighted by Crippen LogP contribution is -2.40. The predicted octanol–water partition coefficient (Wildman–Crippen LogP) is 4.36. The summed E-state index contributed by atoms with van der Waals surface area (Å²) in [4.78, 5) is 19.5. The van der Waals surface area contributed by atoms with Gasteiger partial charge in [-0.15, -0.1) is 0 Å². The van der Waals surface area contributed by atoms with Crippen LogP contribution in [-0.4, -0.2) is 48.1 Å². The molecular weight excluding hydrogens is 390 g/mol. The maximum atomic E-state index is 12.4. The van der Waals surface area contributed by atoms with Crippen molar-refractivity contribution >= 4 is 5.91 Å². The second kappa shape index (κ2) is 11.4. The van der Waals surface area contributed by atoms with Crippen LogP contribution in [0.3, 0.4) is 0 Å². The summed E-state index contributed by atoms with van der Waals surface area (Å²) in [7, 11) is 0. The van der Waals surface area contributed by atoms with Crippen LogP contribution in [0.1, 0.15) is 57.1 Å². The van der Waals surface area contributed by atoms with Gasteiger partial charge in [-0.05, 0) is 77.2 Å². The summed E-state index contributed by atoms with van der Waals surface area (Å²) in [6.45, 7) is 12.1. The van der Waals surface area contributed by atoms with Gasteiger partial charge in [0, 0.05) is 31.2 Å². The van der Waals surface area contributed by atoms with E-state index < -0.39 is 0 Å². The molecular formula is C25H37N3O3. The normalized spacial score (nSPS) is 15.5. The molecule has 3 rings (SSSR count). The van der Waals surface area contributed by atoms with Crippen LogP contribution >= 0.6 is 0 Å². The summed E-state index contributed by atoms with van der Waals surface area (Å²) in [6, 6.07) is 8.41. The Kier molecular flexibility index (Phi) is 8.67. The lowest BCUT2D eigenvalue weighted by molar-refractivity contribution is -0.126. The molecule has 0 unspecified atom stereocenters. The number of carbonyl (C=O) groups is 1. The van der Waals surface area contributed by atoms with Gasteiger partial charge in [0.15, 0.2) is 0 Å². The Bertz CT molecular complexity index is 821. The van der Waals surface area contributed by atoms with Crippen molar-refractivity contribution in [3.63, 3.8) is 0 Å². The smallest absolute Gasteiger partial charge is 0.226 e. The van der Waals surface area contributed by atoms with Gasteiger partial charge in [-0.1, -0.05) is 19.1 Å². The number of oxazole rings is 1. The van der Waals surface area contributed by atoms with Gasteiger partial charge in [-0.3, -0.25) is 9.69 Å². The summed E-state index contributed by atoms with van der Waals surface area (Å²) >= 11 is 0. The Morgan fingerprint density at radius 1 is 1.26 bits per heavy atom. The number of aryl methyl sites for hydroxylation is 2. The molecule has 170 valence electrons. The molecule has 1 saturated heterocycles. The first kappa shape index (κ1) is 23.5. The van der Waals surface area contributed by atoms with Crippen LogP contribution in [0.4, 0.5) is 0 Å². The average molecular weight is 428 g/mol. The fourth-order valence-corrected chi connectivity index (χ4v) is 3.89. The zero-order valence-electron chi connectivity index (χ0n) is 19.4. The number of nitrogens with zero attached hydrogens (tertiary/aromatic N) is 2. The third-order valence-electron chi connectivity index (χ3n) is 5.91. The third kappa shape index (κ3) is 6.91. The number of ether oxygens (including phenoxy) is 1. The molecule has 1 amide bonds. The molecule has 0 atom stereocenters. The third-order valence-corrected chi connectivity index (χ3v) is 5.91.